The van der Waals surface area contributed by atoms with E-state index < -0.39 is 33.5 Å². The summed E-state index contributed by atoms with van der Waals surface area (Å²) in [5, 5.41) is 10.4. The van der Waals surface area contributed by atoms with Crippen LogP contribution in [0.2, 0.25) is 10.0 Å². The maximum Gasteiger partial charge on any atom is 0.304 e. The van der Waals surface area contributed by atoms with E-state index in [1.807, 2.05) is 19.1 Å². The molecule has 1 aromatic heterocycles. The summed E-state index contributed by atoms with van der Waals surface area (Å²) in [6.45, 7) is 3.69. The second-order valence-corrected chi connectivity index (χ2v) is 13.9. The summed E-state index contributed by atoms with van der Waals surface area (Å²) in [5.41, 5.74) is 0.375. The highest BCUT2D eigenvalue weighted by atomic mass is 35.5. The summed E-state index contributed by atoms with van der Waals surface area (Å²) < 4.78 is 27.4. The normalized spacial score (nSPS) is 25.0. The SMILES string of the molecule is CC[C@@H](CN(C)S(=O)(=O)C1CC1)N1C(=O)[C@](C)(CC(=O)O)C[C@H](c2cncc(Cl)c2)[C@H]1c1ccc(Cl)cc1. The fourth-order valence-electron chi connectivity index (χ4n) is 5.61. The van der Waals surface area contributed by atoms with Crippen LogP contribution in [0.25, 0.3) is 0 Å². The first-order chi connectivity index (χ1) is 17.9. The number of carbonyl (C=O) groups is 2. The van der Waals surface area contributed by atoms with Crippen LogP contribution in [0.3, 0.4) is 0 Å². The molecular formula is C27H33Cl2N3O5S. The Labute approximate surface area is 234 Å². The minimum absolute atomic E-state index is 0.106. The molecule has 1 aliphatic carbocycles. The molecule has 1 saturated heterocycles. The van der Waals surface area contributed by atoms with Gasteiger partial charge in [0.05, 0.1) is 28.2 Å². The molecule has 11 heteroatoms. The number of aromatic nitrogens is 1. The third-order valence-corrected chi connectivity index (χ3v) is 10.5. The van der Waals surface area contributed by atoms with E-state index in [-0.39, 0.29) is 36.5 Å². The van der Waals surface area contributed by atoms with Gasteiger partial charge in [-0.3, -0.25) is 14.6 Å². The summed E-state index contributed by atoms with van der Waals surface area (Å²) in [4.78, 5) is 32.2. The fraction of sp³-hybridized carbons (Fsp3) is 0.519. The minimum Gasteiger partial charge on any atom is -0.481 e. The first-order valence-corrected chi connectivity index (χ1v) is 15.0. The third kappa shape index (κ3) is 5.86. The van der Waals surface area contributed by atoms with Gasteiger partial charge in [0.15, 0.2) is 0 Å². The average molecular weight is 583 g/mol. The van der Waals surface area contributed by atoms with Crippen LogP contribution in [-0.2, 0) is 19.6 Å². The van der Waals surface area contributed by atoms with Crippen LogP contribution < -0.4 is 0 Å². The number of nitrogens with zero attached hydrogens (tertiary/aromatic N) is 3. The molecule has 38 heavy (non-hydrogen) atoms. The summed E-state index contributed by atoms with van der Waals surface area (Å²) in [6.07, 6.45) is 4.88. The predicted octanol–water partition coefficient (Wildman–Crippen LogP) is 5.13. The highest BCUT2D eigenvalue weighted by molar-refractivity contribution is 7.90. The van der Waals surface area contributed by atoms with Crippen LogP contribution in [0.4, 0.5) is 0 Å². The van der Waals surface area contributed by atoms with E-state index in [1.165, 1.54) is 10.5 Å². The lowest BCUT2D eigenvalue weighted by Crippen LogP contribution is -2.58. The zero-order valence-corrected chi connectivity index (χ0v) is 24.0. The minimum atomic E-state index is -3.48. The lowest BCUT2D eigenvalue weighted by Gasteiger charge is -2.52. The van der Waals surface area contributed by atoms with E-state index in [1.54, 1.807) is 43.3 Å². The third-order valence-electron chi connectivity index (χ3n) is 7.72. The Kier molecular flexibility index (Phi) is 8.43. The first-order valence-electron chi connectivity index (χ1n) is 12.7. The number of halogens is 2. The lowest BCUT2D eigenvalue weighted by atomic mass is 9.67. The highest BCUT2D eigenvalue weighted by Gasteiger charge is 2.53. The molecule has 1 N–H and O–H groups in total. The van der Waals surface area contributed by atoms with Gasteiger partial charge in [-0.15, -0.1) is 0 Å². The van der Waals surface area contributed by atoms with Crippen LogP contribution in [0.1, 0.15) is 69.0 Å². The Morgan fingerprint density at radius 3 is 2.39 bits per heavy atom. The van der Waals surface area contributed by atoms with Crippen molar-refractivity contribution in [1.29, 1.82) is 0 Å². The van der Waals surface area contributed by atoms with Gasteiger partial charge >= 0.3 is 5.97 Å². The number of carboxylic acids is 1. The molecule has 206 valence electrons. The zero-order chi connectivity index (χ0) is 27.8. The molecule has 2 fully saturated rings. The number of hydrogen-bond donors (Lipinski definition) is 1. The number of likely N-dealkylation sites (N-methyl/N-ethyl adjacent to an activating group) is 1. The maximum absolute atomic E-state index is 14.3. The molecule has 2 aliphatic rings. The standard InChI is InChI=1S/C27H33Cl2N3O5S/c1-4-21(16-31(3)38(36,37)22-9-10-22)32-25(17-5-7-19(28)8-6-17)23(18-11-20(29)15-30-14-18)12-27(2,26(32)35)13-24(33)34/h5-8,11,14-15,21-23,25H,4,9-10,12-13,16H2,1-3H3,(H,33,34)/t21-,23+,25+,27-/m0/s1. The van der Waals surface area contributed by atoms with Crippen molar-refractivity contribution in [3.05, 3.63) is 63.9 Å². The molecule has 1 aromatic carbocycles. The van der Waals surface area contributed by atoms with Crippen molar-refractivity contribution < 1.29 is 23.1 Å². The molecule has 4 rings (SSSR count). The second kappa shape index (κ2) is 11.1. The van der Waals surface area contributed by atoms with Gasteiger partial charge in [0.1, 0.15) is 0 Å². The molecule has 0 bridgehead atoms. The van der Waals surface area contributed by atoms with E-state index in [0.29, 0.717) is 29.3 Å². The monoisotopic (exact) mass is 581 g/mol. The van der Waals surface area contributed by atoms with Gasteiger partial charge in [0, 0.05) is 43.0 Å². The molecule has 0 unspecified atom stereocenters. The number of likely N-dealkylation sites (tertiary alicyclic amines) is 1. The Morgan fingerprint density at radius 1 is 1.18 bits per heavy atom. The largest absolute Gasteiger partial charge is 0.481 e. The smallest absolute Gasteiger partial charge is 0.304 e. The average Bonchev–Trinajstić information content (AvgIpc) is 3.70. The van der Waals surface area contributed by atoms with E-state index in [9.17, 15) is 23.1 Å². The number of carbonyl (C=O) groups excluding carboxylic acids is 1. The molecular weight excluding hydrogens is 549 g/mol. The molecule has 4 atom stereocenters. The molecule has 2 heterocycles. The van der Waals surface area contributed by atoms with Crippen molar-refractivity contribution >= 4 is 45.1 Å². The van der Waals surface area contributed by atoms with Crippen LogP contribution in [0, 0.1) is 5.41 Å². The number of benzene rings is 1. The first kappa shape index (κ1) is 28.8. The Morgan fingerprint density at radius 2 is 1.84 bits per heavy atom. The summed E-state index contributed by atoms with van der Waals surface area (Å²) in [7, 11) is -1.93. The van der Waals surface area contributed by atoms with Crippen molar-refractivity contribution in [2.75, 3.05) is 13.6 Å². The van der Waals surface area contributed by atoms with Crippen molar-refractivity contribution in [2.45, 2.75) is 69.2 Å². The summed E-state index contributed by atoms with van der Waals surface area (Å²) in [6, 6.07) is 8.01. The van der Waals surface area contributed by atoms with Gasteiger partial charge in [-0.05, 0) is 55.0 Å². The summed E-state index contributed by atoms with van der Waals surface area (Å²) in [5.74, 6) is -1.73. The lowest BCUT2D eigenvalue weighted by molar-refractivity contribution is -0.160. The van der Waals surface area contributed by atoms with Crippen molar-refractivity contribution in [3.8, 4) is 0 Å². The van der Waals surface area contributed by atoms with Gasteiger partial charge < -0.3 is 10.0 Å². The maximum atomic E-state index is 14.3. The zero-order valence-electron chi connectivity index (χ0n) is 21.7. The number of hydrogen-bond acceptors (Lipinski definition) is 5. The van der Waals surface area contributed by atoms with Crippen LogP contribution in [-0.4, -0.2) is 64.5 Å². The number of amides is 1. The van der Waals surface area contributed by atoms with Crippen molar-refractivity contribution in [2.24, 2.45) is 5.41 Å². The molecule has 1 amide bonds. The Hall–Kier alpha value is -2.20. The predicted molar refractivity (Wildman–Crippen MR) is 147 cm³/mol. The van der Waals surface area contributed by atoms with Crippen LogP contribution >= 0.6 is 23.2 Å². The molecule has 2 aromatic rings. The molecule has 0 radical (unpaired) electrons. The number of carboxylic acid groups (broad SMARTS) is 1. The summed E-state index contributed by atoms with van der Waals surface area (Å²) >= 11 is 12.5. The van der Waals surface area contributed by atoms with E-state index in [4.69, 9.17) is 23.2 Å². The quantitative estimate of drug-likeness (QED) is 0.416. The number of sulfonamides is 1. The molecule has 8 nitrogen and oxygen atoms in total. The van der Waals surface area contributed by atoms with E-state index in [0.717, 1.165) is 11.1 Å². The van der Waals surface area contributed by atoms with Crippen LogP contribution in [0.5, 0.6) is 0 Å². The fourth-order valence-corrected chi connectivity index (χ4v) is 7.54. The van der Waals surface area contributed by atoms with Crippen molar-refractivity contribution in [3.63, 3.8) is 0 Å². The highest BCUT2D eigenvalue weighted by Crippen LogP contribution is 2.52. The number of rotatable bonds is 10. The molecule has 1 aliphatic heterocycles. The van der Waals surface area contributed by atoms with Gasteiger partial charge in [-0.1, -0.05) is 49.2 Å². The van der Waals surface area contributed by atoms with Gasteiger partial charge in [-0.2, -0.15) is 0 Å². The molecule has 0 spiro atoms. The second-order valence-electron chi connectivity index (χ2n) is 10.7. The Balaban J connectivity index is 1.86. The number of aliphatic carboxylic acids is 1. The van der Waals surface area contributed by atoms with Crippen molar-refractivity contribution in [1.82, 2.24) is 14.2 Å². The molecule has 1 saturated carbocycles. The number of pyridine rings is 1. The van der Waals surface area contributed by atoms with Crippen LogP contribution in [0.15, 0.2) is 42.7 Å². The van der Waals surface area contributed by atoms with Gasteiger partial charge in [-0.25, -0.2) is 12.7 Å². The van der Waals surface area contributed by atoms with E-state index >= 15 is 0 Å². The van der Waals surface area contributed by atoms with Gasteiger partial charge in [0.25, 0.3) is 0 Å². The Bertz CT molecular complexity index is 1300. The van der Waals surface area contributed by atoms with Gasteiger partial charge in [0.2, 0.25) is 15.9 Å². The topological polar surface area (TPSA) is 108 Å². The number of piperidine rings is 1. The van der Waals surface area contributed by atoms with E-state index in [2.05, 4.69) is 4.98 Å².